The Kier molecular flexibility index (Phi) is 51.3. The topological polar surface area (TPSA) is 238 Å². The number of aromatic hydroxyl groups is 1. The number of carbonyl (C=O) groups is 1. The minimum absolute atomic E-state index is 0. The van der Waals surface area contributed by atoms with E-state index in [9.17, 15) is 4.79 Å². The van der Waals surface area contributed by atoms with Gasteiger partial charge in [-0.3, -0.25) is 4.79 Å². The Morgan fingerprint density at radius 1 is 0.944 bits per heavy atom. The number of amides is 1. The molecule has 0 fully saturated rings. The summed E-state index contributed by atoms with van der Waals surface area (Å²) in [5, 5.41) is 11.5. The van der Waals surface area contributed by atoms with Gasteiger partial charge in [-0.15, -0.1) is 0 Å². The summed E-state index contributed by atoms with van der Waals surface area (Å²) in [6.07, 6.45) is 0. The average Bonchev–Trinajstić information content (AvgIpc) is 1.93. The van der Waals surface area contributed by atoms with Gasteiger partial charge in [0.25, 0.3) is 0 Å². The van der Waals surface area contributed by atoms with E-state index in [1.54, 1.807) is 12.1 Å². The molecule has 0 aliphatic carbocycles. The molecule has 0 radical (unpaired) electrons. The van der Waals surface area contributed by atoms with Crippen molar-refractivity contribution in [1.29, 1.82) is 0 Å². The Balaban J connectivity index is -0.0000000346. The zero-order chi connectivity index (χ0) is 8.27. The van der Waals surface area contributed by atoms with Gasteiger partial charge in [-0.1, -0.05) is 0 Å². The fourth-order valence-electron chi connectivity index (χ4n) is 0.748. The van der Waals surface area contributed by atoms with Gasteiger partial charge in [0.2, 0.25) is 5.91 Å². The van der Waals surface area contributed by atoms with Gasteiger partial charge >= 0.3 is 18.9 Å². The van der Waals surface area contributed by atoms with Crippen molar-refractivity contribution >= 4 is 30.5 Å². The number of anilines is 1. The van der Waals surface area contributed by atoms with Crippen LogP contribution in [0.15, 0.2) is 24.3 Å². The zero-order valence-electron chi connectivity index (χ0n) is 9.16. The molecule has 0 aromatic heterocycles. The van der Waals surface area contributed by atoms with Gasteiger partial charge in [0, 0.05) is 12.6 Å². The summed E-state index contributed by atoms with van der Waals surface area (Å²) in [4.78, 5) is 10.5. The Morgan fingerprint density at radius 2 is 1.28 bits per heavy atom. The maximum atomic E-state index is 10.5. The predicted molar refractivity (Wildman–Crippen MR) is 71.2 cm³/mol. The van der Waals surface area contributed by atoms with Crippen LogP contribution in [0, 0.1) is 0 Å². The molecule has 18 heavy (non-hydrogen) atoms. The first-order valence-electron chi connectivity index (χ1n) is 3.25. The van der Waals surface area contributed by atoms with Crippen LogP contribution in [0.1, 0.15) is 6.92 Å². The average molecular weight is 267 g/mol. The van der Waals surface area contributed by atoms with Crippen LogP contribution in [0.25, 0.3) is 0 Å². The monoisotopic (exact) mass is 267 g/mol. The molecule has 0 spiro atoms. The standard InChI is InChI=1S/C8H9NO2.Li.6H2O.H/c1-6(10)9-7-2-4-8(11)5-3-7;;;;;;;;/h2-5,11H,1H3,(H,9,10);;6*1H2;. The number of carbonyl (C=O) groups excluding carboxylic acids is 1. The van der Waals surface area contributed by atoms with Gasteiger partial charge in [-0.25, -0.2) is 0 Å². The van der Waals surface area contributed by atoms with E-state index in [1.165, 1.54) is 19.1 Å². The van der Waals surface area contributed by atoms with Gasteiger partial charge in [0.1, 0.15) is 5.75 Å². The Morgan fingerprint density at radius 3 is 1.56 bits per heavy atom. The number of rotatable bonds is 1. The Labute approximate surface area is 116 Å². The molecule has 9 nitrogen and oxygen atoms in total. The number of hydrogen-bond acceptors (Lipinski definition) is 2. The van der Waals surface area contributed by atoms with Gasteiger partial charge in [0.15, 0.2) is 0 Å². The first-order chi connectivity index (χ1) is 5.18. The van der Waals surface area contributed by atoms with E-state index in [4.69, 9.17) is 5.11 Å². The van der Waals surface area contributed by atoms with Crippen molar-refractivity contribution in [2.75, 3.05) is 5.32 Å². The Bertz CT molecular complexity index is 268. The van der Waals surface area contributed by atoms with Crippen LogP contribution in [-0.2, 0) is 4.79 Å². The third kappa shape index (κ3) is 17.2. The molecule has 0 unspecified atom stereocenters. The fourth-order valence-corrected chi connectivity index (χ4v) is 0.748. The van der Waals surface area contributed by atoms with Gasteiger partial charge in [0.05, 0.1) is 0 Å². The number of nitrogens with one attached hydrogen (secondary N) is 1. The molecule has 0 saturated heterocycles. The molecule has 0 heterocycles. The van der Waals surface area contributed by atoms with Crippen molar-refractivity contribution in [2.45, 2.75) is 6.92 Å². The molecule has 108 valence electrons. The predicted octanol–water partition coefficient (Wildman–Crippen LogP) is -4.25. The number of phenols is 1. The van der Waals surface area contributed by atoms with Crippen molar-refractivity contribution in [3.63, 3.8) is 0 Å². The van der Waals surface area contributed by atoms with E-state index in [2.05, 4.69) is 5.32 Å². The molecular weight excluding hydrogens is 245 g/mol. The summed E-state index contributed by atoms with van der Waals surface area (Å²) in [5.41, 5.74) is 0.690. The van der Waals surface area contributed by atoms with Crippen LogP contribution < -0.4 is 5.32 Å². The molecule has 1 aromatic carbocycles. The number of hydrogen-bond donors (Lipinski definition) is 2. The van der Waals surface area contributed by atoms with Crippen LogP contribution in [0.5, 0.6) is 5.75 Å². The molecule has 10 heteroatoms. The van der Waals surface area contributed by atoms with E-state index < -0.39 is 0 Å². The SMILES string of the molecule is CC(=O)Nc1ccc(O)cc1.O.O.O.O.O.O.[LiH]. The van der Waals surface area contributed by atoms with Crippen molar-refractivity contribution in [3.8, 4) is 5.75 Å². The normalized spacial score (nSPS) is 5.61. The molecule has 0 aliphatic rings. The molecule has 0 saturated carbocycles. The quantitative estimate of drug-likeness (QED) is 0.379. The molecular formula is C8H22LiNO8. The number of benzene rings is 1. The molecule has 1 rings (SSSR count). The van der Waals surface area contributed by atoms with Gasteiger partial charge in [-0.05, 0) is 24.3 Å². The second kappa shape index (κ2) is 21.2. The summed E-state index contributed by atoms with van der Waals surface area (Å²) in [6.45, 7) is 1.44. The summed E-state index contributed by atoms with van der Waals surface area (Å²) in [5.74, 6) is 0.0785. The first-order valence-corrected chi connectivity index (χ1v) is 3.25. The number of phenolic OH excluding ortho intramolecular Hbond substituents is 1. The van der Waals surface area contributed by atoms with Crippen molar-refractivity contribution < 1.29 is 42.8 Å². The molecule has 0 bridgehead atoms. The molecule has 0 atom stereocenters. The summed E-state index contributed by atoms with van der Waals surface area (Å²) in [6, 6.07) is 6.31. The fraction of sp³-hybridized carbons (Fsp3) is 0.125. The van der Waals surface area contributed by atoms with Gasteiger partial charge < -0.3 is 43.3 Å². The molecule has 14 N–H and O–H groups in total. The second-order valence-corrected chi connectivity index (χ2v) is 2.23. The summed E-state index contributed by atoms with van der Waals surface area (Å²) >= 11 is 0. The summed E-state index contributed by atoms with van der Waals surface area (Å²) < 4.78 is 0. The van der Waals surface area contributed by atoms with E-state index in [-0.39, 0.29) is 63.4 Å². The third-order valence-electron chi connectivity index (χ3n) is 1.19. The van der Waals surface area contributed by atoms with E-state index >= 15 is 0 Å². The summed E-state index contributed by atoms with van der Waals surface area (Å²) in [7, 11) is 0. The van der Waals surface area contributed by atoms with Crippen molar-refractivity contribution in [3.05, 3.63) is 24.3 Å². The van der Waals surface area contributed by atoms with Crippen LogP contribution in [-0.4, -0.2) is 62.7 Å². The van der Waals surface area contributed by atoms with E-state index in [0.717, 1.165) is 0 Å². The van der Waals surface area contributed by atoms with E-state index in [1.807, 2.05) is 0 Å². The second-order valence-electron chi connectivity index (χ2n) is 2.23. The first kappa shape index (κ1) is 43.6. The van der Waals surface area contributed by atoms with Gasteiger partial charge in [-0.2, -0.15) is 0 Å². The van der Waals surface area contributed by atoms with E-state index in [0.29, 0.717) is 5.69 Å². The zero-order valence-corrected chi connectivity index (χ0v) is 9.16. The van der Waals surface area contributed by atoms with Crippen LogP contribution in [0.2, 0.25) is 0 Å². The van der Waals surface area contributed by atoms with Crippen molar-refractivity contribution in [2.24, 2.45) is 0 Å². The third-order valence-corrected chi connectivity index (χ3v) is 1.19. The van der Waals surface area contributed by atoms with Crippen molar-refractivity contribution in [1.82, 2.24) is 0 Å². The Hall–Kier alpha value is -1.15. The molecule has 1 amide bonds. The minimum atomic E-state index is -0.115. The maximum absolute atomic E-state index is 10.5. The van der Waals surface area contributed by atoms with Crippen LogP contribution in [0.3, 0.4) is 0 Å². The van der Waals surface area contributed by atoms with Crippen LogP contribution in [0.4, 0.5) is 5.69 Å². The van der Waals surface area contributed by atoms with Crippen LogP contribution >= 0.6 is 0 Å². The molecule has 1 aromatic rings. The molecule has 0 aliphatic heterocycles.